The van der Waals surface area contributed by atoms with E-state index in [0.717, 1.165) is 0 Å². The van der Waals surface area contributed by atoms with E-state index >= 15 is 0 Å². The summed E-state index contributed by atoms with van der Waals surface area (Å²) in [5.74, 6) is 0.516. The highest BCUT2D eigenvalue weighted by Crippen LogP contribution is 2.22. The van der Waals surface area contributed by atoms with Crippen LogP contribution >= 0.6 is 0 Å². The van der Waals surface area contributed by atoms with Gasteiger partial charge in [0.1, 0.15) is 0 Å². The maximum Gasteiger partial charge on any atom is 0.261 e. The lowest BCUT2D eigenvalue weighted by Crippen LogP contribution is -2.13. The summed E-state index contributed by atoms with van der Waals surface area (Å²) >= 11 is 0. The van der Waals surface area contributed by atoms with Gasteiger partial charge in [-0.1, -0.05) is 18.2 Å². The first-order valence-corrected chi connectivity index (χ1v) is 8.34. The predicted octanol–water partition coefficient (Wildman–Crippen LogP) is 1.55. The van der Waals surface area contributed by atoms with Crippen molar-refractivity contribution in [2.45, 2.75) is 4.90 Å². The fourth-order valence-corrected chi connectivity index (χ4v) is 3.24. The van der Waals surface area contributed by atoms with Gasteiger partial charge < -0.3 is 0 Å². The lowest BCUT2D eigenvalue weighted by molar-refractivity contribution is 0.601. The fraction of sp³-hybridized carbons (Fsp3) is 0.0667. The van der Waals surface area contributed by atoms with E-state index in [9.17, 15) is 8.42 Å². The number of aryl methyl sites for hydroxylation is 1. The first kappa shape index (κ1) is 15.6. The molecule has 0 saturated heterocycles. The number of nitrogens with one attached hydrogen (secondary N) is 1. The van der Waals surface area contributed by atoms with Gasteiger partial charge in [-0.25, -0.2) is 13.1 Å². The van der Waals surface area contributed by atoms with Gasteiger partial charge in [-0.3, -0.25) is 4.72 Å². The van der Waals surface area contributed by atoms with Gasteiger partial charge in [0.05, 0.1) is 16.5 Å². The second-order valence-electron chi connectivity index (χ2n) is 4.95. The number of hydrogen-bond donors (Lipinski definition) is 1. The standard InChI is InChI=1S/C15H12N6O2S/c1-21-15(17-19-20-21)12-5-3-6-13(9-12)18-24(22,23)14-7-2-4-11(8-14)10-16/h2-9,18H,1H3. The first-order valence-electron chi connectivity index (χ1n) is 6.85. The molecule has 0 aliphatic rings. The van der Waals surface area contributed by atoms with E-state index < -0.39 is 10.0 Å². The van der Waals surface area contributed by atoms with Crippen LogP contribution in [-0.4, -0.2) is 28.6 Å². The summed E-state index contributed by atoms with van der Waals surface area (Å²) in [5, 5.41) is 20.1. The van der Waals surface area contributed by atoms with Crippen molar-refractivity contribution in [2.75, 3.05) is 4.72 Å². The maximum absolute atomic E-state index is 12.5. The Hall–Kier alpha value is -3.25. The van der Waals surface area contributed by atoms with Crippen LogP contribution in [0.5, 0.6) is 0 Å². The average Bonchev–Trinajstić information content (AvgIpc) is 3.01. The molecule has 0 atom stereocenters. The van der Waals surface area contributed by atoms with Crippen molar-refractivity contribution in [3.63, 3.8) is 0 Å². The molecule has 2 aromatic carbocycles. The minimum Gasteiger partial charge on any atom is -0.280 e. The zero-order chi connectivity index (χ0) is 17.2. The molecule has 3 rings (SSSR count). The van der Waals surface area contributed by atoms with Crippen LogP contribution in [0.25, 0.3) is 11.4 Å². The molecule has 120 valence electrons. The van der Waals surface area contributed by atoms with Gasteiger partial charge in [0, 0.05) is 18.3 Å². The molecule has 24 heavy (non-hydrogen) atoms. The van der Waals surface area contributed by atoms with Crippen LogP contribution in [0.3, 0.4) is 0 Å². The fourth-order valence-electron chi connectivity index (χ4n) is 2.14. The van der Waals surface area contributed by atoms with Crippen LogP contribution in [0.15, 0.2) is 53.4 Å². The second-order valence-corrected chi connectivity index (χ2v) is 6.63. The molecule has 8 nitrogen and oxygen atoms in total. The van der Waals surface area contributed by atoms with Gasteiger partial charge in [-0.2, -0.15) is 5.26 Å². The molecular weight excluding hydrogens is 328 g/mol. The Morgan fingerprint density at radius 3 is 2.67 bits per heavy atom. The number of tetrazole rings is 1. The molecule has 1 aromatic heterocycles. The highest BCUT2D eigenvalue weighted by Gasteiger charge is 2.15. The highest BCUT2D eigenvalue weighted by molar-refractivity contribution is 7.92. The zero-order valence-electron chi connectivity index (χ0n) is 12.6. The van der Waals surface area contributed by atoms with Crippen LogP contribution in [0.1, 0.15) is 5.56 Å². The van der Waals surface area contributed by atoms with Crippen molar-refractivity contribution in [3.05, 3.63) is 54.1 Å². The highest BCUT2D eigenvalue weighted by atomic mass is 32.2. The molecule has 1 heterocycles. The van der Waals surface area contributed by atoms with E-state index in [-0.39, 0.29) is 10.5 Å². The van der Waals surface area contributed by atoms with Gasteiger partial charge in [0.15, 0.2) is 5.82 Å². The first-order chi connectivity index (χ1) is 11.5. The molecule has 0 saturated carbocycles. The zero-order valence-corrected chi connectivity index (χ0v) is 13.4. The predicted molar refractivity (Wildman–Crippen MR) is 86.2 cm³/mol. The topological polar surface area (TPSA) is 114 Å². The number of rotatable bonds is 4. The molecule has 0 fully saturated rings. The number of sulfonamides is 1. The van der Waals surface area contributed by atoms with Crippen molar-refractivity contribution in [1.29, 1.82) is 5.26 Å². The Kier molecular flexibility index (Phi) is 3.97. The molecule has 1 N–H and O–H groups in total. The van der Waals surface area contributed by atoms with Gasteiger partial charge >= 0.3 is 0 Å². The molecule has 0 aliphatic heterocycles. The SMILES string of the molecule is Cn1nnnc1-c1cccc(NS(=O)(=O)c2cccc(C#N)c2)c1. The molecule has 9 heteroatoms. The minimum atomic E-state index is -3.80. The summed E-state index contributed by atoms with van der Waals surface area (Å²) in [4.78, 5) is 0.0206. The normalized spacial score (nSPS) is 11.0. The van der Waals surface area contributed by atoms with Crippen molar-refractivity contribution >= 4 is 15.7 Å². The number of anilines is 1. The lowest BCUT2D eigenvalue weighted by Gasteiger charge is -2.09. The van der Waals surface area contributed by atoms with Crippen molar-refractivity contribution < 1.29 is 8.42 Å². The molecule has 3 aromatic rings. The number of nitriles is 1. The van der Waals surface area contributed by atoms with E-state index in [4.69, 9.17) is 5.26 Å². The van der Waals surface area contributed by atoms with Gasteiger partial charge in [0.25, 0.3) is 10.0 Å². The largest absolute Gasteiger partial charge is 0.280 e. The third-order valence-electron chi connectivity index (χ3n) is 3.27. The molecular formula is C15H12N6O2S. The van der Waals surface area contributed by atoms with Crippen molar-refractivity contribution in [3.8, 4) is 17.5 Å². The van der Waals surface area contributed by atoms with Gasteiger partial charge in [0.2, 0.25) is 0 Å². The Morgan fingerprint density at radius 2 is 1.96 bits per heavy atom. The lowest BCUT2D eigenvalue weighted by atomic mass is 10.2. The Labute approximate surface area is 138 Å². The Bertz CT molecular complexity index is 1040. The third kappa shape index (κ3) is 3.09. The number of aromatic nitrogens is 4. The van der Waals surface area contributed by atoms with Crippen LogP contribution < -0.4 is 4.72 Å². The van der Waals surface area contributed by atoms with E-state index in [1.54, 1.807) is 37.4 Å². The third-order valence-corrected chi connectivity index (χ3v) is 4.65. The molecule has 0 unspecified atom stereocenters. The summed E-state index contributed by atoms with van der Waals surface area (Å²) in [7, 11) is -2.11. The molecule has 0 amide bonds. The average molecular weight is 340 g/mol. The number of benzene rings is 2. The monoisotopic (exact) mass is 340 g/mol. The van der Waals surface area contributed by atoms with Crippen molar-refractivity contribution in [1.82, 2.24) is 20.2 Å². The second kappa shape index (κ2) is 6.10. The van der Waals surface area contributed by atoms with Crippen LogP contribution in [-0.2, 0) is 17.1 Å². The summed E-state index contributed by atoms with van der Waals surface area (Å²) in [5.41, 5.74) is 1.32. The van der Waals surface area contributed by atoms with E-state index in [1.807, 2.05) is 6.07 Å². The van der Waals surface area contributed by atoms with E-state index in [0.29, 0.717) is 17.1 Å². The van der Waals surface area contributed by atoms with Crippen LogP contribution in [0.2, 0.25) is 0 Å². The van der Waals surface area contributed by atoms with Gasteiger partial charge in [-0.15, -0.1) is 5.10 Å². The van der Waals surface area contributed by atoms with Crippen molar-refractivity contribution in [2.24, 2.45) is 7.05 Å². The van der Waals surface area contributed by atoms with Crippen LogP contribution in [0.4, 0.5) is 5.69 Å². The summed E-state index contributed by atoms with van der Waals surface area (Å²) in [6.07, 6.45) is 0. The van der Waals surface area contributed by atoms with E-state index in [2.05, 4.69) is 20.2 Å². The molecule has 0 bridgehead atoms. The van der Waals surface area contributed by atoms with Crippen LogP contribution in [0, 0.1) is 11.3 Å². The molecule has 0 spiro atoms. The Morgan fingerprint density at radius 1 is 1.17 bits per heavy atom. The number of hydrogen-bond acceptors (Lipinski definition) is 6. The van der Waals surface area contributed by atoms with Gasteiger partial charge in [-0.05, 0) is 40.8 Å². The minimum absolute atomic E-state index is 0.0206. The maximum atomic E-state index is 12.5. The summed E-state index contributed by atoms with van der Waals surface area (Å²) in [6, 6.07) is 14.5. The Balaban J connectivity index is 1.93. The summed E-state index contributed by atoms with van der Waals surface area (Å²) in [6.45, 7) is 0. The molecule has 0 radical (unpaired) electrons. The molecule has 0 aliphatic carbocycles. The number of nitrogens with zero attached hydrogens (tertiary/aromatic N) is 5. The quantitative estimate of drug-likeness (QED) is 0.771. The van der Waals surface area contributed by atoms with E-state index in [1.165, 1.54) is 22.9 Å². The smallest absolute Gasteiger partial charge is 0.261 e. The summed E-state index contributed by atoms with van der Waals surface area (Å²) < 4.78 is 28.9.